The maximum Gasteiger partial charge on any atom is 0.351 e. The summed E-state index contributed by atoms with van der Waals surface area (Å²) < 4.78 is 9.71. The minimum absolute atomic E-state index is 0.133. The summed E-state index contributed by atoms with van der Waals surface area (Å²) in [6.07, 6.45) is 0. The quantitative estimate of drug-likeness (QED) is 0.280. The Labute approximate surface area is 239 Å². The number of nitriles is 2. The van der Waals surface area contributed by atoms with Crippen LogP contribution in [-0.4, -0.2) is 48.5 Å². The zero-order valence-electron chi connectivity index (χ0n) is 21.7. The number of hydrogen-bond acceptors (Lipinski definition) is 10. The van der Waals surface area contributed by atoms with Gasteiger partial charge in [0.15, 0.2) is 11.1 Å². The van der Waals surface area contributed by atoms with Gasteiger partial charge in [-0.2, -0.15) is 10.5 Å². The van der Waals surface area contributed by atoms with Crippen molar-refractivity contribution >= 4 is 58.7 Å². The molecule has 4 rings (SSSR count). The third-order valence-electron chi connectivity index (χ3n) is 5.21. The van der Waals surface area contributed by atoms with Crippen molar-refractivity contribution in [3.8, 4) is 12.1 Å². The maximum atomic E-state index is 12.0. The fourth-order valence-electron chi connectivity index (χ4n) is 3.56. The number of ether oxygens (including phenoxy) is 2. The highest BCUT2D eigenvalue weighted by molar-refractivity contribution is 8.04. The van der Waals surface area contributed by atoms with Crippen molar-refractivity contribution in [3.05, 3.63) is 81.9 Å². The van der Waals surface area contributed by atoms with E-state index < -0.39 is 11.9 Å². The van der Waals surface area contributed by atoms with Crippen LogP contribution in [0.15, 0.2) is 81.9 Å². The number of carbonyl (C=O) groups excluding carboxylic acids is 4. The van der Waals surface area contributed by atoms with Crippen LogP contribution in [0.2, 0.25) is 0 Å². The minimum atomic E-state index is -0.701. The van der Waals surface area contributed by atoms with Crippen LogP contribution in [0, 0.1) is 22.7 Å². The second-order valence-electron chi connectivity index (χ2n) is 7.73. The van der Waals surface area contributed by atoms with Gasteiger partial charge in [-0.15, -0.1) is 0 Å². The number of amides is 2. The first-order chi connectivity index (χ1) is 19.4. The highest BCUT2D eigenvalue weighted by atomic mass is 32.2. The number of para-hydroxylation sites is 2. The molecule has 0 unspecified atom stereocenters. The van der Waals surface area contributed by atoms with Crippen LogP contribution in [-0.2, 0) is 28.7 Å². The number of rotatable bonds is 6. The third-order valence-corrected chi connectivity index (χ3v) is 7.31. The first-order valence-corrected chi connectivity index (χ1v) is 14.0. The van der Waals surface area contributed by atoms with Crippen LogP contribution < -0.4 is 9.80 Å². The van der Waals surface area contributed by atoms with Crippen molar-refractivity contribution in [1.29, 1.82) is 10.5 Å². The smallest absolute Gasteiger partial charge is 0.351 e. The maximum absolute atomic E-state index is 12.0. The van der Waals surface area contributed by atoms with Crippen LogP contribution in [0.25, 0.3) is 0 Å². The molecule has 40 heavy (non-hydrogen) atoms. The van der Waals surface area contributed by atoms with Crippen molar-refractivity contribution in [3.63, 3.8) is 0 Å². The Bertz CT molecular complexity index is 1320. The Morgan fingerprint density at radius 1 is 0.725 bits per heavy atom. The summed E-state index contributed by atoms with van der Waals surface area (Å²) >= 11 is 2.35. The summed E-state index contributed by atoms with van der Waals surface area (Å²) in [4.78, 5) is 50.4. The van der Waals surface area contributed by atoms with Crippen LogP contribution in [0.4, 0.5) is 11.4 Å². The molecule has 0 bridgehead atoms. The molecule has 0 aromatic heterocycles. The predicted molar refractivity (Wildman–Crippen MR) is 151 cm³/mol. The first-order valence-electron chi connectivity index (χ1n) is 12.0. The van der Waals surface area contributed by atoms with E-state index in [1.807, 2.05) is 24.3 Å². The Kier molecular flexibility index (Phi) is 10.9. The number of nitrogens with zero attached hydrogens (tertiary/aromatic N) is 4. The van der Waals surface area contributed by atoms with Gasteiger partial charge in [-0.1, -0.05) is 59.9 Å². The van der Waals surface area contributed by atoms with E-state index in [1.165, 1.54) is 33.3 Å². The van der Waals surface area contributed by atoms with E-state index in [1.54, 1.807) is 62.4 Å². The molecular weight excluding hydrogens is 552 g/mol. The van der Waals surface area contributed by atoms with E-state index in [9.17, 15) is 29.7 Å². The molecule has 10 nitrogen and oxygen atoms in total. The summed E-state index contributed by atoms with van der Waals surface area (Å²) in [5.41, 5.74) is 1.00. The molecule has 2 aliphatic heterocycles. The largest absolute Gasteiger partial charge is 0.462 e. The Hall–Kier alpha value is -4.52. The van der Waals surface area contributed by atoms with Crippen molar-refractivity contribution in [2.45, 2.75) is 13.8 Å². The number of carbonyl (C=O) groups is 4. The Morgan fingerprint density at radius 2 is 1.07 bits per heavy atom. The molecule has 0 radical (unpaired) electrons. The number of esters is 2. The van der Waals surface area contributed by atoms with Gasteiger partial charge in [-0.05, 0) is 38.1 Å². The lowest BCUT2D eigenvalue weighted by molar-refractivity contribution is -0.139. The average molecular weight is 577 g/mol. The second-order valence-corrected chi connectivity index (χ2v) is 9.66. The van der Waals surface area contributed by atoms with E-state index >= 15 is 0 Å². The fourth-order valence-corrected chi connectivity index (χ4v) is 5.56. The molecule has 0 aliphatic carbocycles. The average Bonchev–Trinajstić information content (AvgIpc) is 3.53. The lowest BCUT2D eigenvalue weighted by Gasteiger charge is -2.17. The molecule has 2 heterocycles. The van der Waals surface area contributed by atoms with Crippen molar-refractivity contribution in [2.75, 3.05) is 34.5 Å². The molecule has 2 saturated heterocycles. The van der Waals surface area contributed by atoms with E-state index in [0.717, 1.165) is 0 Å². The number of anilines is 2. The van der Waals surface area contributed by atoms with Gasteiger partial charge >= 0.3 is 11.9 Å². The zero-order valence-corrected chi connectivity index (χ0v) is 23.3. The van der Waals surface area contributed by atoms with Crippen molar-refractivity contribution in [2.24, 2.45) is 0 Å². The number of thioether (sulfide) groups is 2. The third kappa shape index (κ3) is 6.91. The van der Waals surface area contributed by atoms with E-state index in [4.69, 9.17) is 9.47 Å². The molecule has 12 heteroatoms. The SMILES string of the molecule is CCOC(=O)/C(C#N)=C1\SCC(=O)N1c1ccccc1.CCOC(=O)/C(C#N)=C1\SCC(=O)N1c1ccccc1. The molecular formula is C28H24N4O6S2. The van der Waals surface area contributed by atoms with Gasteiger partial charge in [0.25, 0.3) is 0 Å². The van der Waals surface area contributed by atoms with Gasteiger partial charge in [0, 0.05) is 11.4 Å². The van der Waals surface area contributed by atoms with E-state index in [-0.39, 0.29) is 47.7 Å². The molecule has 0 spiro atoms. The van der Waals surface area contributed by atoms with Crippen molar-refractivity contribution < 1.29 is 28.7 Å². The molecule has 0 N–H and O–H groups in total. The second kappa shape index (κ2) is 14.6. The van der Waals surface area contributed by atoms with Gasteiger partial charge in [0.2, 0.25) is 11.8 Å². The highest BCUT2D eigenvalue weighted by Crippen LogP contribution is 2.37. The minimum Gasteiger partial charge on any atom is -0.462 e. The summed E-state index contributed by atoms with van der Waals surface area (Å²) in [6, 6.07) is 21.5. The van der Waals surface area contributed by atoms with Crippen LogP contribution in [0.3, 0.4) is 0 Å². The summed E-state index contributed by atoms with van der Waals surface area (Å²) in [6.45, 7) is 3.70. The first kappa shape index (κ1) is 30.0. The summed E-state index contributed by atoms with van der Waals surface area (Å²) in [7, 11) is 0. The molecule has 0 atom stereocenters. The summed E-state index contributed by atoms with van der Waals surface area (Å²) in [5, 5.41) is 19.0. The van der Waals surface area contributed by atoms with E-state index in [0.29, 0.717) is 21.4 Å². The van der Waals surface area contributed by atoms with Gasteiger partial charge in [-0.25, -0.2) is 9.59 Å². The van der Waals surface area contributed by atoms with Gasteiger partial charge in [-0.3, -0.25) is 19.4 Å². The summed E-state index contributed by atoms with van der Waals surface area (Å²) in [5.74, 6) is -1.31. The molecule has 204 valence electrons. The fraction of sp³-hybridized carbons (Fsp3) is 0.214. The Morgan fingerprint density at radius 3 is 1.38 bits per heavy atom. The predicted octanol–water partition coefficient (Wildman–Crippen LogP) is 4.13. The van der Waals surface area contributed by atoms with Gasteiger partial charge < -0.3 is 9.47 Å². The highest BCUT2D eigenvalue weighted by Gasteiger charge is 2.34. The van der Waals surface area contributed by atoms with Gasteiger partial charge in [0.05, 0.1) is 24.7 Å². The lowest BCUT2D eigenvalue weighted by Crippen LogP contribution is -2.25. The molecule has 0 saturated carbocycles. The van der Waals surface area contributed by atoms with Crippen molar-refractivity contribution in [1.82, 2.24) is 0 Å². The monoisotopic (exact) mass is 576 g/mol. The van der Waals surface area contributed by atoms with Crippen LogP contribution in [0.5, 0.6) is 0 Å². The Balaban J connectivity index is 0.000000220. The topological polar surface area (TPSA) is 141 Å². The van der Waals surface area contributed by atoms with E-state index in [2.05, 4.69) is 0 Å². The molecule has 2 amide bonds. The van der Waals surface area contributed by atoms with Crippen LogP contribution in [0.1, 0.15) is 13.8 Å². The molecule has 2 aromatic carbocycles. The molecule has 2 aromatic rings. The zero-order chi connectivity index (χ0) is 29.1. The lowest BCUT2D eigenvalue weighted by atomic mass is 10.2. The standard InChI is InChI=1S/2C14H12N2O3S/c2*1-2-19-14(18)11(8-15)13-16(12(17)9-20-13)10-6-4-3-5-7-10/h2*3-7H,2,9H2,1H3/b2*13-11-. The number of hydrogen-bond donors (Lipinski definition) is 0. The normalized spacial score (nSPS) is 16.8. The van der Waals surface area contributed by atoms with Gasteiger partial charge in [0.1, 0.15) is 22.2 Å². The molecule has 2 fully saturated rings. The molecule has 2 aliphatic rings. The van der Waals surface area contributed by atoms with Crippen LogP contribution >= 0.6 is 23.5 Å². The number of benzene rings is 2.